The van der Waals surface area contributed by atoms with Crippen molar-refractivity contribution in [3.8, 4) is 5.75 Å². The van der Waals surface area contributed by atoms with E-state index >= 15 is 0 Å². The van der Waals surface area contributed by atoms with E-state index in [4.69, 9.17) is 9.47 Å². The fraction of sp³-hybridized carbons (Fsp3) is 0.353. The number of rotatable bonds is 8. The van der Waals surface area contributed by atoms with Crippen molar-refractivity contribution in [2.45, 2.75) is 20.3 Å². The van der Waals surface area contributed by atoms with Gasteiger partial charge in [-0.05, 0) is 29.7 Å². The first-order valence-electron chi connectivity index (χ1n) is 7.60. The molecule has 1 aromatic heterocycles. The number of hydrogen-bond acceptors (Lipinski definition) is 6. The summed E-state index contributed by atoms with van der Waals surface area (Å²) in [6.45, 7) is 4.44. The van der Waals surface area contributed by atoms with E-state index in [-0.39, 0.29) is 12.7 Å². The number of nitrogens with zero attached hydrogens (tertiary/aromatic N) is 2. The van der Waals surface area contributed by atoms with Gasteiger partial charge in [-0.1, -0.05) is 37.3 Å². The molecule has 0 saturated carbocycles. The average molecular weight is 347 g/mol. The van der Waals surface area contributed by atoms with Crippen LogP contribution >= 0.6 is 11.3 Å². The number of aromatic nitrogens is 2. The molecule has 0 aliphatic carbocycles. The van der Waals surface area contributed by atoms with Crippen LogP contribution in [-0.4, -0.2) is 30.0 Å². The van der Waals surface area contributed by atoms with Crippen molar-refractivity contribution >= 4 is 28.5 Å². The molecule has 24 heavy (non-hydrogen) atoms. The van der Waals surface area contributed by atoms with Crippen molar-refractivity contribution in [2.75, 3.05) is 19.2 Å². The third kappa shape index (κ3) is 6.10. The Kier molecular flexibility index (Phi) is 6.89. The van der Waals surface area contributed by atoms with Gasteiger partial charge in [-0.25, -0.2) is 0 Å². The molecule has 128 valence electrons. The molecule has 1 amide bonds. The Balaban J connectivity index is 1.87. The van der Waals surface area contributed by atoms with Gasteiger partial charge >= 0.3 is 0 Å². The van der Waals surface area contributed by atoms with Gasteiger partial charge in [0.1, 0.15) is 10.8 Å². The van der Waals surface area contributed by atoms with Crippen LogP contribution in [0.5, 0.6) is 5.75 Å². The van der Waals surface area contributed by atoms with E-state index in [1.807, 2.05) is 24.3 Å². The van der Waals surface area contributed by atoms with Gasteiger partial charge in [0.25, 0.3) is 0 Å². The second-order valence-electron chi connectivity index (χ2n) is 5.54. The Morgan fingerprint density at radius 2 is 2.04 bits per heavy atom. The molecular formula is C17H21N3O3S. The molecule has 0 atom stereocenters. The second kappa shape index (κ2) is 9.14. The molecule has 0 bridgehead atoms. The number of amides is 1. The lowest BCUT2D eigenvalue weighted by Gasteiger charge is -2.04. The molecule has 1 aromatic carbocycles. The third-order valence-electron chi connectivity index (χ3n) is 2.93. The number of nitrogens with one attached hydrogen (secondary N) is 1. The maximum absolute atomic E-state index is 11.9. The molecule has 0 aliphatic heterocycles. The minimum atomic E-state index is -0.234. The monoisotopic (exact) mass is 347 g/mol. The summed E-state index contributed by atoms with van der Waals surface area (Å²) in [5.41, 5.74) is 0.896. The van der Waals surface area contributed by atoms with Crippen LogP contribution in [0.1, 0.15) is 24.4 Å². The van der Waals surface area contributed by atoms with Gasteiger partial charge in [0.15, 0.2) is 6.79 Å². The first-order valence-corrected chi connectivity index (χ1v) is 8.41. The van der Waals surface area contributed by atoms with E-state index in [2.05, 4.69) is 29.4 Å². The van der Waals surface area contributed by atoms with E-state index in [0.29, 0.717) is 16.8 Å². The highest BCUT2D eigenvalue weighted by atomic mass is 32.1. The third-order valence-corrected chi connectivity index (χ3v) is 3.79. The highest BCUT2D eigenvalue weighted by Gasteiger charge is 2.07. The van der Waals surface area contributed by atoms with Crippen molar-refractivity contribution in [1.82, 2.24) is 10.2 Å². The molecule has 1 N–H and O–H groups in total. The summed E-state index contributed by atoms with van der Waals surface area (Å²) in [5, 5.41) is 12.2. The molecule has 2 aromatic rings. The Morgan fingerprint density at radius 1 is 1.29 bits per heavy atom. The lowest BCUT2D eigenvalue weighted by Crippen LogP contribution is -2.07. The van der Waals surface area contributed by atoms with Crippen molar-refractivity contribution in [3.63, 3.8) is 0 Å². The van der Waals surface area contributed by atoms with Gasteiger partial charge in [0, 0.05) is 19.6 Å². The number of carbonyl (C=O) groups excluding carboxylic acids is 1. The first kappa shape index (κ1) is 18.1. The molecule has 0 spiro atoms. The summed E-state index contributed by atoms with van der Waals surface area (Å²) in [5.74, 6) is 0.990. The summed E-state index contributed by atoms with van der Waals surface area (Å²) in [4.78, 5) is 11.9. The normalized spacial score (nSPS) is 11.2. The zero-order valence-electron chi connectivity index (χ0n) is 14.0. The smallest absolute Gasteiger partial charge is 0.250 e. The highest BCUT2D eigenvalue weighted by Crippen LogP contribution is 2.18. The lowest BCUT2D eigenvalue weighted by atomic mass is 10.1. The van der Waals surface area contributed by atoms with E-state index in [0.717, 1.165) is 17.0 Å². The SMILES string of the molecule is COCOc1ccc(/C=C/C(=O)Nc2nnc(CC(C)C)s2)cc1. The molecule has 0 unspecified atom stereocenters. The maximum atomic E-state index is 11.9. The predicted molar refractivity (Wildman–Crippen MR) is 95.1 cm³/mol. The average Bonchev–Trinajstić information content (AvgIpc) is 2.98. The van der Waals surface area contributed by atoms with Gasteiger partial charge in [-0.15, -0.1) is 10.2 Å². The highest BCUT2D eigenvalue weighted by molar-refractivity contribution is 7.15. The van der Waals surface area contributed by atoms with Crippen LogP contribution in [0.25, 0.3) is 6.08 Å². The van der Waals surface area contributed by atoms with Crippen LogP contribution in [-0.2, 0) is 16.0 Å². The van der Waals surface area contributed by atoms with Crippen LogP contribution in [0.15, 0.2) is 30.3 Å². The fourth-order valence-corrected chi connectivity index (χ4v) is 2.81. The van der Waals surface area contributed by atoms with Crippen LogP contribution < -0.4 is 10.1 Å². The molecule has 1 heterocycles. The molecule has 0 aliphatic rings. The van der Waals surface area contributed by atoms with Crippen molar-refractivity contribution < 1.29 is 14.3 Å². The zero-order valence-corrected chi connectivity index (χ0v) is 14.8. The number of methoxy groups -OCH3 is 1. The number of anilines is 1. The lowest BCUT2D eigenvalue weighted by molar-refractivity contribution is -0.111. The summed E-state index contributed by atoms with van der Waals surface area (Å²) >= 11 is 1.40. The van der Waals surface area contributed by atoms with Gasteiger partial charge in [-0.2, -0.15) is 0 Å². The topological polar surface area (TPSA) is 73.3 Å². The van der Waals surface area contributed by atoms with E-state index < -0.39 is 0 Å². The predicted octanol–water partition coefficient (Wildman–Crippen LogP) is 3.37. The molecule has 0 radical (unpaired) electrons. The summed E-state index contributed by atoms with van der Waals surface area (Å²) in [6, 6.07) is 7.36. The summed E-state index contributed by atoms with van der Waals surface area (Å²) in [7, 11) is 1.57. The van der Waals surface area contributed by atoms with Crippen LogP contribution in [0.2, 0.25) is 0 Å². The quantitative estimate of drug-likeness (QED) is 0.585. The van der Waals surface area contributed by atoms with Crippen LogP contribution in [0, 0.1) is 5.92 Å². The Hall–Kier alpha value is -2.25. The Labute approximate surface area is 145 Å². The zero-order chi connectivity index (χ0) is 17.4. The summed E-state index contributed by atoms with van der Waals surface area (Å²) < 4.78 is 10.1. The molecule has 2 rings (SSSR count). The molecule has 0 fully saturated rings. The van der Waals surface area contributed by atoms with E-state index in [1.165, 1.54) is 17.4 Å². The first-order chi connectivity index (χ1) is 11.6. The summed E-state index contributed by atoms with van der Waals surface area (Å²) in [6.07, 6.45) is 4.06. The van der Waals surface area contributed by atoms with E-state index in [9.17, 15) is 4.79 Å². The largest absolute Gasteiger partial charge is 0.468 e. The minimum Gasteiger partial charge on any atom is -0.468 e. The standard InChI is InChI=1S/C17H21N3O3S/c1-12(2)10-16-19-20-17(24-16)18-15(21)9-6-13-4-7-14(8-5-13)23-11-22-3/h4-9,12H,10-11H2,1-3H3,(H,18,20,21)/b9-6+. The van der Waals surface area contributed by atoms with Crippen molar-refractivity contribution in [2.24, 2.45) is 5.92 Å². The Bertz CT molecular complexity index is 681. The number of ether oxygens (including phenoxy) is 2. The van der Waals surface area contributed by atoms with Crippen LogP contribution in [0.3, 0.4) is 0 Å². The van der Waals surface area contributed by atoms with Crippen molar-refractivity contribution in [3.05, 3.63) is 40.9 Å². The second-order valence-corrected chi connectivity index (χ2v) is 6.60. The van der Waals surface area contributed by atoms with E-state index in [1.54, 1.807) is 13.2 Å². The maximum Gasteiger partial charge on any atom is 0.250 e. The molecule has 0 saturated heterocycles. The van der Waals surface area contributed by atoms with Crippen LogP contribution in [0.4, 0.5) is 5.13 Å². The van der Waals surface area contributed by atoms with Gasteiger partial charge < -0.3 is 9.47 Å². The van der Waals surface area contributed by atoms with Gasteiger partial charge in [0.05, 0.1) is 0 Å². The Morgan fingerprint density at radius 3 is 2.71 bits per heavy atom. The van der Waals surface area contributed by atoms with Gasteiger partial charge in [0.2, 0.25) is 11.0 Å². The molecular weight excluding hydrogens is 326 g/mol. The molecule has 6 nitrogen and oxygen atoms in total. The minimum absolute atomic E-state index is 0.207. The number of benzene rings is 1. The molecule has 7 heteroatoms. The number of carbonyl (C=O) groups is 1. The fourth-order valence-electron chi connectivity index (χ4n) is 1.86. The van der Waals surface area contributed by atoms with Crippen molar-refractivity contribution in [1.29, 1.82) is 0 Å². The number of hydrogen-bond donors (Lipinski definition) is 1. The van der Waals surface area contributed by atoms with Gasteiger partial charge in [-0.3, -0.25) is 10.1 Å².